The van der Waals surface area contributed by atoms with Crippen molar-refractivity contribution in [2.75, 3.05) is 45.9 Å². The lowest BCUT2D eigenvalue weighted by Gasteiger charge is -2.36. The molecule has 1 aromatic rings. The van der Waals surface area contributed by atoms with Gasteiger partial charge in [0.2, 0.25) is 17.7 Å². The number of piperazine rings is 1. The molecule has 0 aliphatic carbocycles. The summed E-state index contributed by atoms with van der Waals surface area (Å²) in [6, 6.07) is 4.92. The number of amides is 4. The monoisotopic (exact) mass is 487 g/mol. The average Bonchev–Trinajstić information content (AvgIpc) is 2.84. The van der Waals surface area contributed by atoms with Gasteiger partial charge in [0.05, 0.1) is 18.5 Å². The molecule has 2 heterocycles. The molecule has 1 aromatic carbocycles. The first-order valence-corrected chi connectivity index (χ1v) is 12.4. The van der Waals surface area contributed by atoms with E-state index in [0.29, 0.717) is 25.3 Å². The van der Waals surface area contributed by atoms with Crippen LogP contribution in [0.5, 0.6) is 5.75 Å². The van der Waals surface area contributed by atoms with Crippen LogP contribution in [0.25, 0.3) is 0 Å². The van der Waals surface area contributed by atoms with Crippen LogP contribution < -0.4 is 20.7 Å². The average molecular weight is 488 g/mol. The molecule has 0 aromatic heterocycles. The minimum absolute atomic E-state index is 0.155. The maximum atomic E-state index is 13.4. The van der Waals surface area contributed by atoms with Gasteiger partial charge in [0, 0.05) is 26.2 Å². The lowest BCUT2D eigenvalue weighted by atomic mass is 10.0. The van der Waals surface area contributed by atoms with Gasteiger partial charge in [-0.25, -0.2) is 0 Å². The van der Waals surface area contributed by atoms with E-state index >= 15 is 0 Å². The molecule has 10 nitrogen and oxygen atoms in total. The third-order valence-corrected chi connectivity index (χ3v) is 6.27. The third kappa shape index (κ3) is 7.42. The number of carbonyl (C=O) groups excluding carboxylic acids is 4. The van der Waals surface area contributed by atoms with Crippen molar-refractivity contribution in [1.29, 1.82) is 0 Å². The van der Waals surface area contributed by atoms with Crippen LogP contribution >= 0.6 is 0 Å². The molecule has 2 aliphatic heterocycles. The van der Waals surface area contributed by atoms with Crippen LogP contribution in [0.4, 0.5) is 0 Å². The lowest BCUT2D eigenvalue weighted by Crippen LogP contribution is -2.56. The Kier molecular flexibility index (Phi) is 9.47. The summed E-state index contributed by atoms with van der Waals surface area (Å²) in [7, 11) is 0. The van der Waals surface area contributed by atoms with Crippen molar-refractivity contribution in [1.82, 2.24) is 25.8 Å². The molecule has 0 saturated carbocycles. The first-order chi connectivity index (χ1) is 16.8. The smallest absolute Gasteiger partial charge is 0.255 e. The van der Waals surface area contributed by atoms with Gasteiger partial charge in [-0.05, 0) is 31.0 Å². The number of fused-ring (bicyclic) bond motifs is 1. The van der Waals surface area contributed by atoms with Gasteiger partial charge in [0.1, 0.15) is 24.4 Å². The number of benzene rings is 1. The fourth-order valence-electron chi connectivity index (χ4n) is 4.32. The van der Waals surface area contributed by atoms with Crippen LogP contribution in [0.3, 0.4) is 0 Å². The van der Waals surface area contributed by atoms with Crippen molar-refractivity contribution in [3.8, 4) is 5.75 Å². The molecule has 0 spiro atoms. The zero-order valence-electron chi connectivity index (χ0n) is 20.8. The van der Waals surface area contributed by atoms with Gasteiger partial charge in [0.25, 0.3) is 5.91 Å². The molecular formula is C25H37N5O5. The van der Waals surface area contributed by atoms with E-state index in [1.807, 2.05) is 13.8 Å². The maximum Gasteiger partial charge on any atom is 0.255 e. The van der Waals surface area contributed by atoms with Crippen molar-refractivity contribution in [3.63, 3.8) is 0 Å². The number of hydrogen-bond donors (Lipinski definition) is 3. The Balaban J connectivity index is 1.85. The van der Waals surface area contributed by atoms with Crippen LogP contribution in [-0.2, 0) is 14.4 Å². The van der Waals surface area contributed by atoms with Gasteiger partial charge in [-0.1, -0.05) is 32.9 Å². The fraction of sp³-hybridized carbons (Fsp3) is 0.600. The van der Waals surface area contributed by atoms with Crippen molar-refractivity contribution in [2.24, 2.45) is 5.92 Å². The summed E-state index contributed by atoms with van der Waals surface area (Å²) in [4.78, 5) is 56.3. The number of hydrogen-bond acceptors (Lipinski definition) is 6. The Morgan fingerprint density at radius 1 is 1.09 bits per heavy atom. The van der Waals surface area contributed by atoms with E-state index in [1.54, 1.807) is 29.2 Å². The van der Waals surface area contributed by atoms with E-state index in [1.165, 1.54) is 0 Å². The Bertz CT molecular complexity index is 913. The highest BCUT2D eigenvalue weighted by Crippen LogP contribution is 2.19. The SMILES string of the molecule is CCN1CCN(C(=O)[C@@H]2CC(=O)N[C@H](CC(C)C)C(=O)NCCOc3ccccc3C(=O)N2)CC1. The summed E-state index contributed by atoms with van der Waals surface area (Å²) >= 11 is 0. The number of carbonyl (C=O) groups is 4. The van der Waals surface area contributed by atoms with Gasteiger partial charge < -0.3 is 30.5 Å². The van der Waals surface area contributed by atoms with E-state index in [2.05, 4.69) is 27.8 Å². The first-order valence-electron chi connectivity index (χ1n) is 12.4. The quantitative estimate of drug-likeness (QED) is 0.565. The number of para-hydroxylation sites is 1. The minimum Gasteiger partial charge on any atom is -0.491 e. The first kappa shape index (κ1) is 26.5. The van der Waals surface area contributed by atoms with Crippen LogP contribution in [0.1, 0.15) is 44.0 Å². The second kappa shape index (κ2) is 12.5. The molecule has 35 heavy (non-hydrogen) atoms. The molecule has 192 valence electrons. The van der Waals surface area contributed by atoms with Gasteiger partial charge in [-0.2, -0.15) is 0 Å². The molecule has 0 bridgehead atoms. The summed E-state index contributed by atoms with van der Waals surface area (Å²) in [5, 5.41) is 8.32. The van der Waals surface area contributed by atoms with Gasteiger partial charge in [-0.3, -0.25) is 19.2 Å². The van der Waals surface area contributed by atoms with Crippen LogP contribution in [0, 0.1) is 5.92 Å². The van der Waals surface area contributed by atoms with Crippen LogP contribution in [-0.4, -0.2) is 91.4 Å². The number of nitrogens with one attached hydrogen (secondary N) is 3. The molecule has 10 heteroatoms. The molecule has 2 aliphatic rings. The normalized spacial score (nSPS) is 22.9. The standard InChI is InChI=1S/C25H37N5O5/c1-4-29-10-12-30(13-11-29)25(34)20-16-22(31)27-19(15-17(2)3)24(33)26-9-14-35-21-8-6-5-7-18(21)23(32)28-20/h5-8,17,19-20H,4,9-16H2,1-3H3,(H,26,33)(H,27,31)(H,28,32)/t19-,20+/m1/s1. The minimum atomic E-state index is -1.06. The Hall–Kier alpha value is -3.14. The summed E-state index contributed by atoms with van der Waals surface area (Å²) in [6.07, 6.45) is 0.189. The van der Waals surface area contributed by atoms with E-state index in [9.17, 15) is 19.2 Å². The van der Waals surface area contributed by atoms with Crippen LogP contribution in [0.2, 0.25) is 0 Å². The van der Waals surface area contributed by atoms with Crippen LogP contribution in [0.15, 0.2) is 24.3 Å². The van der Waals surface area contributed by atoms with Gasteiger partial charge >= 0.3 is 0 Å². The summed E-state index contributed by atoms with van der Waals surface area (Å²) < 4.78 is 5.76. The predicted molar refractivity (Wildman–Crippen MR) is 131 cm³/mol. The summed E-state index contributed by atoms with van der Waals surface area (Å²) in [6.45, 7) is 9.82. The number of rotatable bonds is 4. The van der Waals surface area contributed by atoms with Crippen molar-refractivity contribution in [3.05, 3.63) is 29.8 Å². The summed E-state index contributed by atoms with van der Waals surface area (Å²) in [5.74, 6) is -1.04. The Morgan fingerprint density at radius 3 is 2.49 bits per heavy atom. The number of nitrogens with zero attached hydrogens (tertiary/aromatic N) is 2. The lowest BCUT2D eigenvalue weighted by molar-refractivity contribution is -0.137. The molecule has 0 unspecified atom stereocenters. The molecule has 1 fully saturated rings. The molecular weight excluding hydrogens is 450 g/mol. The fourth-order valence-corrected chi connectivity index (χ4v) is 4.32. The second-order valence-corrected chi connectivity index (χ2v) is 9.38. The van der Waals surface area contributed by atoms with Crippen molar-refractivity contribution >= 4 is 23.6 Å². The predicted octanol–water partition coefficient (Wildman–Crippen LogP) is 0.379. The third-order valence-electron chi connectivity index (χ3n) is 6.27. The molecule has 3 N–H and O–H groups in total. The second-order valence-electron chi connectivity index (χ2n) is 9.38. The highest BCUT2D eigenvalue weighted by molar-refractivity contribution is 6.01. The Labute approximate surface area is 206 Å². The zero-order valence-corrected chi connectivity index (χ0v) is 20.8. The molecule has 4 amide bonds. The summed E-state index contributed by atoms with van der Waals surface area (Å²) in [5.41, 5.74) is 0.266. The largest absolute Gasteiger partial charge is 0.491 e. The van der Waals surface area contributed by atoms with E-state index in [0.717, 1.165) is 19.6 Å². The highest BCUT2D eigenvalue weighted by atomic mass is 16.5. The number of ether oxygens (including phenoxy) is 1. The van der Waals surface area contributed by atoms with Crippen molar-refractivity contribution in [2.45, 2.75) is 45.7 Å². The van der Waals surface area contributed by atoms with Gasteiger partial charge in [-0.15, -0.1) is 0 Å². The topological polar surface area (TPSA) is 120 Å². The maximum absolute atomic E-state index is 13.4. The molecule has 2 atom stereocenters. The van der Waals surface area contributed by atoms with Crippen molar-refractivity contribution < 1.29 is 23.9 Å². The van der Waals surface area contributed by atoms with E-state index in [4.69, 9.17) is 4.74 Å². The van der Waals surface area contributed by atoms with E-state index in [-0.39, 0.29) is 42.9 Å². The molecule has 0 radical (unpaired) electrons. The highest BCUT2D eigenvalue weighted by Gasteiger charge is 2.32. The van der Waals surface area contributed by atoms with E-state index < -0.39 is 23.9 Å². The molecule has 1 saturated heterocycles. The number of likely N-dealkylation sites (N-methyl/N-ethyl adjacent to an activating group) is 1. The van der Waals surface area contributed by atoms with Gasteiger partial charge in [0.15, 0.2) is 0 Å². The Morgan fingerprint density at radius 2 is 1.80 bits per heavy atom. The zero-order chi connectivity index (χ0) is 25.4. The molecule has 3 rings (SSSR count).